The lowest BCUT2D eigenvalue weighted by molar-refractivity contribution is 0.104. The number of benzene rings is 1. The molecule has 0 saturated carbocycles. The predicted molar refractivity (Wildman–Crippen MR) is 148 cm³/mol. The van der Waals surface area contributed by atoms with E-state index in [-0.39, 0.29) is 11.2 Å². The van der Waals surface area contributed by atoms with Crippen molar-refractivity contribution in [2.24, 2.45) is 5.41 Å². The van der Waals surface area contributed by atoms with Crippen LogP contribution in [0.3, 0.4) is 0 Å². The molecule has 1 aliphatic rings. The molecule has 0 bridgehead atoms. The topological polar surface area (TPSA) is 82.6 Å². The second-order valence-corrected chi connectivity index (χ2v) is 10.9. The van der Waals surface area contributed by atoms with Gasteiger partial charge >= 0.3 is 0 Å². The SMILES string of the molecule is COc1ccc2c3c(c(NCCN(C)C)nc2c1C)C(=O)c1ccnc(NCC(C)(C)CN(C)C)c1-3. The zero-order valence-corrected chi connectivity index (χ0v) is 22.7. The molecular formula is C28H38N6O2. The molecule has 1 aromatic carbocycles. The van der Waals surface area contributed by atoms with Crippen LogP contribution in [-0.4, -0.2) is 87.0 Å². The van der Waals surface area contributed by atoms with Crippen LogP contribution in [0.15, 0.2) is 24.4 Å². The average Bonchev–Trinajstić information content (AvgIpc) is 3.11. The van der Waals surface area contributed by atoms with Gasteiger partial charge in [0, 0.05) is 60.0 Å². The van der Waals surface area contributed by atoms with E-state index in [4.69, 9.17) is 14.7 Å². The summed E-state index contributed by atoms with van der Waals surface area (Å²) in [5, 5.41) is 7.93. The number of methoxy groups -OCH3 is 1. The van der Waals surface area contributed by atoms with Gasteiger partial charge in [0.05, 0.1) is 18.2 Å². The summed E-state index contributed by atoms with van der Waals surface area (Å²) >= 11 is 0. The number of rotatable bonds is 10. The summed E-state index contributed by atoms with van der Waals surface area (Å²) in [6.45, 7) is 9.61. The number of aryl methyl sites for hydroxylation is 1. The number of nitrogens with zero attached hydrogens (tertiary/aromatic N) is 4. The molecule has 2 aromatic heterocycles. The molecule has 0 spiro atoms. The summed E-state index contributed by atoms with van der Waals surface area (Å²) in [7, 11) is 9.87. The lowest BCUT2D eigenvalue weighted by atomic mass is 9.92. The second kappa shape index (κ2) is 10.0. The molecule has 36 heavy (non-hydrogen) atoms. The van der Waals surface area contributed by atoms with Gasteiger partial charge in [-0.25, -0.2) is 9.97 Å². The first-order chi connectivity index (χ1) is 17.0. The van der Waals surface area contributed by atoms with E-state index in [0.717, 1.165) is 58.8 Å². The Morgan fingerprint density at radius 2 is 1.72 bits per heavy atom. The van der Waals surface area contributed by atoms with Crippen molar-refractivity contribution in [2.75, 3.05) is 72.1 Å². The smallest absolute Gasteiger partial charge is 0.198 e. The van der Waals surface area contributed by atoms with E-state index in [1.54, 1.807) is 13.3 Å². The summed E-state index contributed by atoms with van der Waals surface area (Å²) < 4.78 is 5.58. The fourth-order valence-corrected chi connectivity index (χ4v) is 5.08. The Morgan fingerprint density at radius 3 is 2.39 bits per heavy atom. The molecule has 1 aliphatic carbocycles. The van der Waals surface area contributed by atoms with Crippen LogP contribution < -0.4 is 15.4 Å². The number of carbonyl (C=O) groups excluding carboxylic acids is 1. The summed E-state index contributed by atoms with van der Waals surface area (Å²) in [5.74, 6) is 2.09. The zero-order chi connectivity index (χ0) is 26.2. The highest BCUT2D eigenvalue weighted by molar-refractivity contribution is 6.29. The highest BCUT2D eigenvalue weighted by Gasteiger charge is 2.35. The van der Waals surface area contributed by atoms with E-state index in [1.165, 1.54) is 0 Å². The molecule has 0 atom stereocenters. The highest BCUT2D eigenvalue weighted by Crippen LogP contribution is 2.47. The van der Waals surface area contributed by atoms with Gasteiger partial charge in [-0.3, -0.25) is 4.79 Å². The van der Waals surface area contributed by atoms with Gasteiger partial charge in [-0.1, -0.05) is 13.8 Å². The van der Waals surface area contributed by atoms with E-state index in [0.29, 0.717) is 23.5 Å². The van der Waals surface area contributed by atoms with Crippen LogP contribution in [0, 0.1) is 12.3 Å². The van der Waals surface area contributed by atoms with Crippen molar-refractivity contribution < 1.29 is 9.53 Å². The first kappa shape index (κ1) is 25.9. The van der Waals surface area contributed by atoms with Crippen molar-refractivity contribution in [2.45, 2.75) is 20.8 Å². The highest BCUT2D eigenvalue weighted by atomic mass is 16.5. The van der Waals surface area contributed by atoms with Crippen LogP contribution in [0.1, 0.15) is 35.3 Å². The van der Waals surface area contributed by atoms with Crippen molar-refractivity contribution in [3.8, 4) is 16.9 Å². The minimum absolute atomic E-state index is 0.0164. The quantitative estimate of drug-likeness (QED) is 0.343. The van der Waals surface area contributed by atoms with Gasteiger partial charge in [-0.05, 0) is 58.7 Å². The number of hydrogen-bond donors (Lipinski definition) is 2. The minimum atomic E-state index is -0.0202. The lowest BCUT2D eigenvalue weighted by Crippen LogP contribution is -2.34. The number of ketones is 1. The van der Waals surface area contributed by atoms with Gasteiger partial charge in [0.1, 0.15) is 17.4 Å². The third kappa shape index (κ3) is 4.88. The van der Waals surface area contributed by atoms with Crippen molar-refractivity contribution >= 4 is 28.3 Å². The maximum atomic E-state index is 13.8. The molecule has 3 aromatic rings. The number of hydrogen-bond acceptors (Lipinski definition) is 8. The Morgan fingerprint density at radius 1 is 0.972 bits per heavy atom. The average molecular weight is 491 g/mol. The fraction of sp³-hybridized carbons (Fsp3) is 0.464. The third-order valence-electron chi connectivity index (χ3n) is 6.58. The van der Waals surface area contributed by atoms with Crippen LogP contribution in [0.4, 0.5) is 11.6 Å². The Bertz CT molecular complexity index is 1300. The van der Waals surface area contributed by atoms with Crippen molar-refractivity contribution in [3.63, 3.8) is 0 Å². The summed E-state index contributed by atoms with van der Waals surface area (Å²) in [6.07, 6.45) is 1.72. The van der Waals surface area contributed by atoms with Gasteiger partial charge in [0.15, 0.2) is 5.78 Å². The number of likely N-dealkylation sites (N-methyl/N-ethyl adjacent to an activating group) is 1. The molecule has 0 aliphatic heterocycles. The van der Waals surface area contributed by atoms with Gasteiger partial charge in [0.2, 0.25) is 0 Å². The lowest BCUT2D eigenvalue weighted by Gasteiger charge is -2.29. The molecule has 0 saturated heterocycles. The number of anilines is 2. The van der Waals surface area contributed by atoms with Crippen LogP contribution in [0.2, 0.25) is 0 Å². The molecule has 8 heteroatoms. The van der Waals surface area contributed by atoms with E-state index < -0.39 is 0 Å². The molecule has 4 rings (SSSR count). The maximum Gasteiger partial charge on any atom is 0.198 e. The molecule has 192 valence electrons. The van der Waals surface area contributed by atoms with E-state index >= 15 is 0 Å². The number of aromatic nitrogens is 2. The van der Waals surface area contributed by atoms with Crippen LogP contribution in [-0.2, 0) is 0 Å². The summed E-state index contributed by atoms with van der Waals surface area (Å²) in [4.78, 5) is 27.7. The number of fused-ring (bicyclic) bond motifs is 5. The molecular weight excluding hydrogens is 452 g/mol. The molecule has 8 nitrogen and oxygen atoms in total. The largest absolute Gasteiger partial charge is 0.496 e. The van der Waals surface area contributed by atoms with Crippen molar-refractivity contribution in [1.82, 2.24) is 19.8 Å². The molecule has 2 N–H and O–H groups in total. The molecule has 2 heterocycles. The van der Waals surface area contributed by atoms with E-state index in [9.17, 15) is 4.79 Å². The monoisotopic (exact) mass is 490 g/mol. The predicted octanol–water partition coefficient (Wildman–Crippen LogP) is 4.13. The Labute approximate surface area is 214 Å². The Balaban J connectivity index is 1.89. The third-order valence-corrected chi connectivity index (χ3v) is 6.58. The van der Waals surface area contributed by atoms with Crippen LogP contribution in [0.5, 0.6) is 5.75 Å². The molecule has 0 amide bonds. The summed E-state index contributed by atoms with van der Waals surface area (Å²) in [5.41, 5.74) is 4.80. The first-order valence-corrected chi connectivity index (χ1v) is 12.4. The van der Waals surface area contributed by atoms with Crippen LogP contribution >= 0.6 is 0 Å². The number of carbonyl (C=O) groups is 1. The Kier molecular flexibility index (Phi) is 7.20. The van der Waals surface area contributed by atoms with Gasteiger partial charge in [0.25, 0.3) is 0 Å². The normalized spacial score (nSPS) is 12.9. The maximum absolute atomic E-state index is 13.8. The van der Waals surface area contributed by atoms with Crippen molar-refractivity contribution in [3.05, 3.63) is 41.1 Å². The van der Waals surface area contributed by atoms with Crippen LogP contribution in [0.25, 0.3) is 22.0 Å². The molecule has 0 unspecified atom stereocenters. The molecule has 0 radical (unpaired) electrons. The number of nitrogens with one attached hydrogen (secondary N) is 2. The standard InChI is InChI=1S/C28H38N6O2/c1-17-20(36-8)10-9-18-21-22-19(11-12-29-26(22)31-15-28(2,3)16-34(6)7)25(35)23(21)27(32-24(17)18)30-13-14-33(4)5/h9-12H,13-16H2,1-8H3,(H,29,31)(H,30,32). The summed E-state index contributed by atoms with van der Waals surface area (Å²) in [6, 6.07) is 5.77. The van der Waals surface area contributed by atoms with Gasteiger partial charge in [-0.15, -0.1) is 0 Å². The van der Waals surface area contributed by atoms with E-state index in [2.05, 4.69) is 48.4 Å². The number of ether oxygens (including phenoxy) is 1. The van der Waals surface area contributed by atoms with Crippen molar-refractivity contribution in [1.29, 1.82) is 0 Å². The van der Waals surface area contributed by atoms with Gasteiger partial charge < -0.3 is 25.2 Å². The van der Waals surface area contributed by atoms with E-state index in [1.807, 2.05) is 39.2 Å². The second-order valence-electron chi connectivity index (χ2n) is 10.9. The fourth-order valence-electron chi connectivity index (χ4n) is 5.08. The minimum Gasteiger partial charge on any atom is -0.496 e. The van der Waals surface area contributed by atoms with Gasteiger partial charge in [-0.2, -0.15) is 0 Å². The first-order valence-electron chi connectivity index (χ1n) is 12.4. The zero-order valence-electron chi connectivity index (χ0n) is 22.7. The Hall–Kier alpha value is -3.23. The molecule has 0 fully saturated rings. The number of pyridine rings is 2.